The third-order valence-corrected chi connectivity index (χ3v) is 2.91. The van der Waals surface area contributed by atoms with Crippen LogP contribution in [0.5, 0.6) is 11.5 Å². The summed E-state index contributed by atoms with van der Waals surface area (Å²) >= 11 is 9.02. The summed E-state index contributed by atoms with van der Waals surface area (Å²) in [4.78, 5) is 3.92. The Labute approximate surface area is 112 Å². The molecule has 0 spiro atoms. The van der Waals surface area contributed by atoms with Crippen molar-refractivity contribution in [1.82, 2.24) is 4.98 Å². The molecule has 0 aliphatic rings. The Morgan fingerprint density at radius 1 is 1.29 bits per heavy atom. The van der Waals surface area contributed by atoms with Crippen molar-refractivity contribution < 1.29 is 9.13 Å². The monoisotopic (exact) mass is 315 g/mol. The molecule has 1 aromatic carbocycles. The zero-order valence-corrected chi connectivity index (χ0v) is 11.0. The second kappa shape index (κ2) is 5.47. The van der Waals surface area contributed by atoms with Crippen LogP contribution in [0.4, 0.5) is 4.39 Å². The number of rotatable bonds is 3. The van der Waals surface area contributed by atoms with Gasteiger partial charge in [-0.2, -0.15) is 0 Å². The quantitative estimate of drug-likeness (QED) is 0.777. The van der Waals surface area contributed by atoms with Gasteiger partial charge in [-0.15, -0.1) is 11.6 Å². The van der Waals surface area contributed by atoms with Crippen molar-refractivity contribution in [2.75, 3.05) is 0 Å². The lowest BCUT2D eigenvalue weighted by Crippen LogP contribution is -1.93. The topological polar surface area (TPSA) is 22.1 Å². The van der Waals surface area contributed by atoms with Crippen LogP contribution in [0.2, 0.25) is 0 Å². The summed E-state index contributed by atoms with van der Waals surface area (Å²) in [5.41, 5.74) is 0.765. The first-order chi connectivity index (χ1) is 8.20. The molecule has 0 unspecified atom stereocenters. The smallest absolute Gasteiger partial charge is 0.165 e. The van der Waals surface area contributed by atoms with Crippen LogP contribution < -0.4 is 4.74 Å². The van der Waals surface area contributed by atoms with Gasteiger partial charge in [0.1, 0.15) is 5.75 Å². The van der Waals surface area contributed by atoms with E-state index >= 15 is 0 Å². The largest absolute Gasteiger partial charge is 0.452 e. The van der Waals surface area contributed by atoms with E-state index in [0.717, 1.165) is 10.0 Å². The van der Waals surface area contributed by atoms with Crippen LogP contribution in [0.3, 0.4) is 0 Å². The Kier molecular flexibility index (Phi) is 3.97. The summed E-state index contributed by atoms with van der Waals surface area (Å²) in [7, 11) is 0. The third-order valence-electron chi connectivity index (χ3n) is 2.13. The highest BCUT2D eigenvalue weighted by Gasteiger charge is 2.08. The summed E-state index contributed by atoms with van der Waals surface area (Å²) < 4.78 is 19.7. The van der Waals surface area contributed by atoms with E-state index < -0.39 is 5.82 Å². The summed E-state index contributed by atoms with van der Waals surface area (Å²) in [5.74, 6) is 0.448. The number of benzene rings is 1. The van der Waals surface area contributed by atoms with Crippen LogP contribution in [-0.2, 0) is 5.88 Å². The summed E-state index contributed by atoms with van der Waals surface area (Å²) in [5, 5.41) is 0. The van der Waals surface area contributed by atoms with Gasteiger partial charge in [0.25, 0.3) is 0 Å². The first kappa shape index (κ1) is 12.3. The predicted molar refractivity (Wildman–Crippen MR) is 68.0 cm³/mol. The van der Waals surface area contributed by atoms with Gasteiger partial charge in [-0.1, -0.05) is 15.9 Å². The van der Waals surface area contributed by atoms with E-state index in [1.807, 2.05) is 0 Å². The fourth-order valence-electron chi connectivity index (χ4n) is 1.28. The van der Waals surface area contributed by atoms with E-state index in [9.17, 15) is 4.39 Å². The molecule has 0 aliphatic carbocycles. The maximum Gasteiger partial charge on any atom is 0.165 e. The van der Waals surface area contributed by atoms with Gasteiger partial charge in [-0.05, 0) is 24.3 Å². The van der Waals surface area contributed by atoms with Gasteiger partial charge in [0.15, 0.2) is 11.6 Å². The molecule has 5 heteroatoms. The molecule has 1 heterocycles. The Hall–Kier alpha value is -1.13. The lowest BCUT2D eigenvalue weighted by atomic mass is 10.3. The van der Waals surface area contributed by atoms with Crippen LogP contribution in [0.15, 0.2) is 41.1 Å². The lowest BCUT2D eigenvalue weighted by molar-refractivity contribution is 0.437. The van der Waals surface area contributed by atoms with Gasteiger partial charge < -0.3 is 4.74 Å². The van der Waals surface area contributed by atoms with Gasteiger partial charge in [-0.25, -0.2) is 4.39 Å². The van der Waals surface area contributed by atoms with E-state index in [2.05, 4.69) is 20.9 Å². The fourth-order valence-corrected chi connectivity index (χ4v) is 1.85. The number of ether oxygens (including phenoxy) is 1. The molecule has 2 nitrogen and oxygen atoms in total. The number of alkyl halides is 1. The highest BCUT2D eigenvalue weighted by molar-refractivity contribution is 9.10. The molecule has 0 aliphatic heterocycles. The minimum absolute atomic E-state index is 0.138. The Bertz CT molecular complexity index is 536. The van der Waals surface area contributed by atoms with Crippen molar-refractivity contribution in [1.29, 1.82) is 0 Å². The second-order valence-electron chi connectivity index (χ2n) is 3.29. The number of hydrogen-bond acceptors (Lipinski definition) is 2. The Morgan fingerprint density at radius 2 is 2.12 bits per heavy atom. The molecule has 17 heavy (non-hydrogen) atoms. The van der Waals surface area contributed by atoms with Gasteiger partial charge >= 0.3 is 0 Å². The molecule has 2 aromatic rings. The number of pyridine rings is 1. The number of halogens is 3. The van der Waals surface area contributed by atoms with Crippen LogP contribution in [-0.4, -0.2) is 4.98 Å². The minimum Gasteiger partial charge on any atom is -0.452 e. The average molecular weight is 317 g/mol. The number of hydrogen-bond donors (Lipinski definition) is 0. The van der Waals surface area contributed by atoms with Crippen molar-refractivity contribution in [2.24, 2.45) is 0 Å². The summed E-state index contributed by atoms with van der Waals surface area (Å²) in [6.45, 7) is 0. The van der Waals surface area contributed by atoms with E-state index in [0.29, 0.717) is 5.75 Å². The average Bonchev–Trinajstić information content (AvgIpc) is 2.34. The minimum atomic E-state index is -0.433. The molecular weight excluding hydrogens is 308 g/mol. The lowest BCUT2D eigenvalue weighted by Gasteiger charge is -2.09. The maximum atomic E-state index is 13.5. The number of nitrogens with zero attached hydrogens (tertiary/aromatic N) is 1. The number of aromatic nitrogens is 1. The SMILES string of the molecule is Fc1ccc(Br)cc1Oc1cnccc1CCl. The van der Waals surface area contributed by atoms with Crippen molar-refractivity contribution in [3.63, 3.8) is 0 Å². The molecule has 0 N–H and O–H groups in total. The van der Waals surface area contributed by atoms with Gasteiger partial charge in [0.2, 0.25) is 0 Å². The van der Waals surface area contributed by atoms with Crippen LogP contribution in [0.1, 0.15) is 5.56 Å². The maximum absolute atomic E-state index is 13.5. The summed E-state index contributed by atoms with van der Waals surface area (Å²) in [6, 6.07) is 6.22. The van der Waals surface area contributed by atoms with Crippen LogP contribution in [0, 0.1) is 5.82 Å². The van der Waals surface area contributed by atoms with Crippen LogP contribution in [0.25, 0.3) is 0 Å². The Balaban J connectivity index is 2.34. The molecule has 0 saturated heterocycles. The zero-order valence-electron chi connectivity index (χ0n) is 8.66. The third kappa shape index (κ3) is 2.96. The van der Waals surface area contributed by atoms with E-state index in [-0.39, 0.29) is 11.6 Å². The first-order valence-electron chi connectivity index (χ1n) is 4.82. The van der Waals surface area contributed by atoms with Gasteiger partial charge in [-0.3, -0.25) is 4.98 Å². The van der Waals surface area contributed by atoms with E-state index in [1.54, 1.807) is 24.4 Å². The molecule has 1 aromatic heterocycles. The fraction of sp³-hybridized carbons (Fsp3) is 0.0833. The zero-order chi connectivity index (χ0) is 12.3. The molecule has 0 radical (unpaired) electrons. The molecule has 0 fully saturated rings. The highest BCUT2D eigenvalue weighted by atomic mass is 79.9. The van der Waals surface area contributed by atoms with Gasteiger partial charge in [0.05, 0.1) is 12.1 Å². The highest BCUT2D eigenvalue weighted by Crippen LogP contribution is 2.29. The van der Waals surface area contributed by atoms with Crippen molar-refractivity contribution in [2.45, 2.75) is 5.88 Å². The van der Waals surface area contributed by atoms with Gasteiger partial charge in [0, 0.05) is 16.2 Å². The molecule has 0 atom stereocenters. The standard InChI is InChI=1S/C12H8BrClFNO/c13-9-1-2-10(15)11(5-9)17-12-7-16-4-3-8(12)6-14/h1-5,7H,6H2. The molecule has 0 saturated carbocycles. The van der Waals surface area contributed by atoms with Crippen LogP contribution >= 0.6 is 27.5 Å². The molecular formula is C12H8BrClFNO. The van der Waals surface area contributed by atoms with Crippen molar-refractivity contribution in [3.8, 4) is 11.5 Å². The Morgan fingerprint density at radius 3 is 2.88 bits per heavy atom. The molecule has 88 valence electrons. The first-order valence-corrected chi connectivity index (χ1v) is 6.15. The predicted octanol–water partition coefficient (Wildman–Crippen LogP) is 4.51. The molecule has 0 amide bonds. The van der Waals surface area contributed by atoms with Crippen molar-refractivity contribution >= 4 is 27.5 Å². The molecule has 0 bridgehead atoms. The normalized spacial score (nSPS) is 10.3. The van der Waals surface area contributed by atoms with E-state index in [1.165, 1.54) is 12.3 Å². The second-order valence-corrected chi connectivity index (χ2v) is 4.48. The van der Waals surface area contributed by atoms with E-state index in [4.69, 9.17) is 16.3 Å². The van der Waals surface area contributed by atoms with Crippen molar-refractivity contribution in [3.05, 3.63) is 52.5 Å². The molecule has 2 rings (SSSR count). The summed E-state index contributed by atoms with van der Waals surface area (Å²) in [6.07, 6.45) is 3.12.